The normalized spacial score (nSPS) is 10.2. The van der Waals surface area contributed by atoms with Crippen molar-refractivity contribution >= 4 is 15.9 Å². The molecule has 4 heteroatoms. The first-order valence-electron chi connectivity index (χ1n) is 5.45. The van der Waals surface area contributed by atoms with E-state index in [0.29, 0.717) is 6.61 Å². The minimum atomic E-state index is 0.672. The van der Waals surface area contributed by atoms with Crippen LogP contribution in [0.5, 0.6) is 11.5 Å². The van der Waals surface area contributed by atoms with Crippen molar-refractivity contribution in [3.8, 4) is 11.5 Å². The molecular weight excluding hydrogens is 270 g/mol. The monoisotopic (exact) mass is 287 g/mol. The van der Waals surface area contributed by atoms with E-state index in [4.69, 9.17) is 9.47 Å². The van der Waals surface area contributed by atoms with Gasteiger partial charge in [0.25, 0.3) is 0 Å². The minimum Gasteiger partial charge on any atom is -0.497 e. The van der Waals surface area contributed by atoms with Crippen LogP contribution < -0.4 is 14.8 Å². The Bertz CT molecular complexity index is 318. The molecule has 0 bridgehead atoms. The second kappa shape index (κ2) is 7.52. The Morgan fingerprint density at radius 1 is 1.31 bits per heavy atom. The summed E-state index contributed by atoms with van der Waals surface area (Å²) in [7, 11) is 1.65. The van der Waals surface area contributed by atoms with Gasteiger partial charge in [0, 0.05) is 6.54 Å². The van der Waals surface area contributed by atoms with Crippen LogP contribution >= 0.6 is 15.9 Å². The predicted octanol–water partition coefficient (Wildman–Crippen LogP) is 2.84. The molecule has 0 atom stereocenters. The Kier molecular flexibility index (Phi) is 6.26. The minimum absolute atomic E-state index is 0.672. The Labute approximate surface area is 105 Å². The zero-order valence-electron chi connectivity index (χ0n) is 9.75. The Hall–Kier alpha value is -0.740. The first-order valence-corrected chi connectivity index (χ1v) is 6.24. The summed E-state index contributed by atoms with van der Waals surface area (Å²) in [6.45, 7) is 4.72. The zero-order valence-corrected chi connectivity index (χ0v) is 11.3. The van der Waals surface area contributed by atoms with Crippen LogP contribution in [-0.2, 0) is 0 Å². The third kappa shape index (κ3) is 4.41. The van der Waals surface area contributed by atoms with E-state index in [1.807, 2.05) is 18.2 Å². The van der Waals surface area contributed by atoms with E-state index in [9.17, 15) is 0 Å². The third-order valence-electron chi connectivity index (χ3n) is 2.10. The van der Waals surface area contributed by atoms with Crippen molar-refractivity contribution in [1.82, 2.24) is 5.32 Å². The molecule has 90 valence electrons. The quantitative estimate of drug-likeness (QED) is 0.783. The van der Waals surface area contributed by atoms with Crippen molar-refractivity contribution in [3.05, 3.63) is 22.7 Å². The lowest BCUT2D eigenvalue weighted by Crippen LogP contribution is -2.21. The van der Waals surface area contributed by atoms with E-state index in [1.165, 1.54) is 0 Å². The van der Waals surface area contributed by atoms with E-state index < -0.39 is 0 Å². The van der Waals surface area contributed by atoms with Crippen molar-refractivity contribution in [2.75, 3.05) is 26.8 Å². The topological polar surface area (TPSA) is 30.5 Å². The molecular formula is C12H18BrNO2. The number of nitrogens with one attached hydrogen (secondary N) is 1. The Morgan fingerprint density at radius 3 is 2.75 bits per heavy atom. The fourth-order valence-corrected chi connectivity index (χ4v) is 1.73. The average molecular weight is 288 g/mol. The van der Waals surface area contributed by atoms with Gasteiger partial charge in [-0.15, -0.1) is 0 Å². The van der Waals surface area contributed by atoms with Crippen molar-refractivity contribution in [2.24, 2.45) is 0 Å². The number of hydrogen-bond acceptors (Lipinski definition) is 3. The molecule has 0 aromatic heterocycles. The highest BCUT2D eigenvalue weighted by Crippen LogP contribution is 2.28. The van der Waals surface area contributed by atoms with Crippen molar-refractivity contribution in [1.29, 1.82) is 0 Å². The lowest BCUT2D eigenvalue weighted by Gasteiger charge is -2.09. The van der Waals surface area contributed by atoms with Crippen LogP contribution in [0.4, 0.5) is 0 Å². The molecule has 0 heterocycles. The van der Waals surface area contributed by atoms with Crippen LogP contribution in [0.25, 0.3) is 0 Å². The predicted molar refractivity (Wildman–Crippen MR) is 69.3 cm³/mol. The molecule has 0 amide bonds. The van der Waals surface area contributed by atoms with Gasteiger partial charge >= 0.3 is 0 Å². The summed E-state index contributed by atoms with van der Waals surface area (Å²) in [5, 5.41) is 3.28. The second-order valence-corrected chi connectivity index (χ2v) is 4.25. The van der Waals surface area contributed by atoms with E-state index in [-0.39, 0.29) is 0 Å². The second-order valence-electron chi connectivity index (χ2n) is 3.39. The lowest BCUT2D eigenvalue weighted by molar-refractivity contribution is 0.311. The van der Waals surface area contributed by atoms with Gasteiger partial charge in [-0.2, -0.15) is 0 Å². The van der Waals surface area contributed by atoms with Crippen LogP contribution in [0.2, 0.25) is 0 Å². The van der Waals surface area contributed by atoms with Gasteiger partial charge in [0.1, 0.15) is 18.1 Å². The number of rotatable bonds is 7. The first-order chi connectivity index (χ1) is 7.77. The van der Waals surface area contributed by atoms with Gasteiger partial charge in [-0.3, -0.25) is 0 Å². The van der Waals surface area contributed by atoms with Crippen LogP contribution in [0, 0.1) is 0 Å². The maximum atomic E-state index is 5.62. The molecule has 0 unspecified atom stereocenters. The molecule has 1 rings (SSSR count). The van der Waals surface area contributed by atoms with Gasteiger partial charge in [-0.25, -0.2) is 0 Å². The summed E-state index contributed by atoms with van der Waals surface area (Å²) in [5.41, 5.74) is 0. The largest absolute Gasteiger partial charge is 0.497 e. The van der Waals surface area contributed by atoms with Gasteiger partial charge in [0.05, 0.1) is 11.6 Å². The zero-order chi connectivity index (χ0) is 11.8. The standard InChI is InChI=1S/C12H18BrNO2/c1-3-6-14-7-8-16-12-5-4-10(15-2)9-11(12)13/h4-5,9,14H,3,6-8H2,1-2H3. The maximum absolute atomic E-state index is 5.62. The molecule has 0 aliphatic carbocycles. The molecule has 1 aromatic carbocycles. The van der Waals surface area contributed by atoms with Gasteiger partial charge in [-0.1, -0.05) is 6.92 Å². The van der Waals surface area contributed by atoms with Crippen LogP contribution in [0.3, 0.4) is 0 Å². The van der Waals surface area contributed by atoms with Crippen LogP contribution in [0.15, 0.2) is 22.7 Å². The molecule has 1 aromatic rings. The van der Waals surface area contributed by atoms with Crippen molar-refractivity contribution < 1.29 is 9.47 Å². The fourth-order valence-electron chi connectivity index (χ4n) is 1.26. The average Bonchev–Trinajstić information content (AvgIpc) is 2.30. The highest BCUT2D eigenvalue weighted by molar-refractivity contribution is 9.10. The van der Waals surface area contributed by atoms with Gasteiger partial charge in [0.2, 0.25) is 0 Å². The van der Waals surface area contributed by atoms with E-state index in [2.05, 4.69) is 28.2 Å². The third-order valence-corrected chi connectivity index (χ3v) is 2.72. The lowest BCUT2D eigenvalue weighted by atomic mass is 10.3. The van der Waals surface area contributed by atoms with Crippen LogP contribution in [-0.4, -0.2) is 26.8 Å². The molecule has 0 spiro atoms. The molecule has 0 aliphatic heterocycles. The first kappa shape index (κ1) is 13.3. The maximum Gasteiger partial charge on any atom is 0.133 e. The summed E-state index contributed by atoms with van der Waals surface area (Å²) < 4.78 is 11.6. The fraction of sp³-hybridized carbons (Fsp3) is 0.500. The van der Waals surface area contributed by atoms with Gasteiger partial charge in [-0.05, 0) is 47.1 Å². The summed E-state index contributed by atoms with van der Waals surface area (Å²) in [6.07, 6.45) is 1.15. The van der Waals surface area contributed by atoms with Gasteiger partial charge < -0.3 is 14.8 Å². The summed E-state index contributed by atoms with van der Waals surface area (Å²) in [5.74, 6) is 1.67. The molecule has 0 aliphatic rings. The summed E-state index contributed by atoms with van der Waals surface area (Å²) >= 11 is 3.45. The summed E-state index contributed by atoms with van der Waals surface area (Å²) in [4.78, 5) is 0. The number of hydrogen-bond donors (Lipinski definition) is 1. The van der Waals surface area contributed by atoms with Crippen molar-refractivity contribution in [2.45, 2.75) is 13.3 Å². The Morgan fingerprint density at radius 2 is 2.12 bits per heavy atom. The van der Waals surface area contributed by atoms with Crippen LogP contribution in [0.1, 0.15) is 13.3 Å². The Balaban J connectivity index is 2.36. The molecule has 0 saturated heterocycles. The number of ether oxygens (including phenoxy) is 2. The van der Waals surface area contributed by atoms with E-state index in [0.717, 1.165) is 35.5 Å². The number of methoxy groups -OCH3 is 1. The molecule has 16 heavy (non-hydrogen) atoms. The highest BCUT2D eigenvalue weighted by Gasteiger charge is 2.02. The highest BCUT2D eigenvalue weighted by atomic mass is 79.9. The van der Waals surface area contributed by atoms with Gasteiger partial charge in [0.15, 0.2) is 0 Å². The molecule has 0 radical (unpaired) electrons. The smallest absolute Gasteiger partial charge is 0.133 e. The SMILES string of the molecule is CCCNCCOc1ccc(OC)cc1Br. The molecule has 0 saturated carbocycles. The number of benzene rings is 1. The molecule has 3 nitrogen and oxygen atoms in total. The van der Waals surface area contributed by atoms with Crippen molar-refractivity contribution in [3.63, 3.8) is 0 Å². The van der Waals surface area contributed by atoms with E-state index >= 15 is 0 Å². The number of halogens is 1. The molecule has 0 fully saturated rings. The van der Waals surface area contributed by atoms with E-state index in [1.54, 1.807) is 7.11 Å². The summed E-state index contributed by atoms with van der Waals surface area (Å²) in [6, 6.07) is 5.69. The molecule has 1 N–H and O–H groups in total.